The molecule has 0 radical (unpaired) electrons. The predicted molar refractivity (Wildman–Crippen MR) is 94.3 cm³/mol. The highest BCUT2D eigenvalue weighted by atomic mass is 19.1. The van der Waals surface area contributed by atoms with Crippen molar-refractivity contribution in [2.75, 3.05) is 11.1 Å². The Morgan fingerprint density at radius 1 is 1.12 bits per heavy atom. The van der Waals surface area contributed by atoms with Crippen molar-refractivity contribution in [2.24, 2.45) is 0 Å². The van der Waals surface area contributed by atoms with Gasteiger partial charge in [-0.2, -0.15) is 0 Å². The molecule has 3 aromatic rings. The molecule has 3 rings (SSSR count). The van der Waals surface area contributed by atoms with E-state index in [0.717, 1.165) is 0 Å². The minimum Gasteiger partial charge on any atom is -0.454 e. The summed E-state index contributed by atoms with van der Waals surface area (Å²) in [5.41, 5.74) is 6.99. The Bertz CT molecular complexity index is 914. The number of hydrogen-bond acceptors (Lipinski definition) is 4. The lowest BCUT2D eigenvalue weighted by atomic mass is 10.2. The molecule has 0 saturated heterocycles. The Labute approximate surface area is 144 Å². The minimum atomic E-state index is -0.586. The second-order valence-corrected chi connectivity index (χ2v) is 5.40. The zero-order chi connectivity index (χ0) is 17.8. The number of hydrogen-bond donors (Lipinski definition) is 2. The van der Waals surface area contributed by atoms with Gasteiger partial charge in [0.15, 0.2) is 11.6 Å². The van der Waals surface area contributed by atoms with Gasteiger partial charge < -0.3 is 15.8 Å². The Morgan fingerprint density at radius 3 is 2.56 bits per heavy atom. The summed E-state index contributed by atoms with van der Waals surface area (Å²) in [5.74, 6) is -0.322. The van der Waals surface area contributed by atoms with Crippen LogP contribution < -0.4 is 15.8 Å². The summed E-state index contributed by atoms with van der Waals surface area (Å²) in [6, 6.07) is 16.3. The van der Waals surface area contributed by atoms with E-state index < -0.39 is 11.7 Å². The quantitative estimate of drug-likeness (QED) is 0.749. The molecule has 126 valence electrons. The van der Waals surface area contributed by atoms with Gasteiger partial charge in [0.25, 0.3) is 5.91 Å². The van der Waals surface area contributed by atoms with Crippen LogP contribution in [0.15, 0.2) is 60.7 Å². The molecule has 0 fully saturated rings. The van der Waals surface area contributed by atoms with Crippen LogP contribution in [-0.4, -0.2) is 10.9 Å². The molecule has 0 saturated carbocycles. The highest BCUT2D eigenvalue weighted by Crippen LogP contribution is 2.26. The summed E-state index contributed by atoms with van der Waals surface area (Å²) in [6.07, 6.45) is 0. The van der Waals surface area contributed by atoms with Crippen LogP contribution in [0.4, 0.5) is 15.9 Å². The third-order valence-electron chi connectivity index (χ3n) is 3.47. The third-order valence-corrected chi connectivity index (χ3v) is 3.47. The monoisotopic (exact) mass is 337 g/mol. The molecule has 1 aromatic heterocycles. The van der Waals surface area contributed by atoms with E-state index in [0.29, 0.717) is 17.1 Å². The first-order chi connectivity index (χ1) is 12.0. The lowest BCUT2D eigenvalue weighted by Crippen LogP contribution is -2.15. The molecule has 1 heterocycles. The number of carbonyl (C=O) groups excluding carboxylic acids is 1. The maximum absolute atomic E-state index is 14.2. The fourth-order valence-corrected chi connectivity index (χ4v) is 2.24. The van der Waals surface area contributed by atoms with Gasteiger partial charge in [-0.3, -0.25) is 4.79 Å². The van der Waals surface area contributed by atoms with Crippen LogP contribution in [0.5, 0.6) is 11.5 Å². The number of para-hydroxylation sites is 1. The van der Waals surface area contributed by atoms with Gasteiger partial charge in [0.1, 0.15) is 11.6 Å². The minimum absolute atomic E-state index is 0.0701. The number of ether oxygens (including phenoxy) is 1. The number of nitrogens with one attached hydrogen (secondary N) is 1. The van der Waals surface area contributed by atoms with Gasteiger partial charge in [0, 0.05) is 17.4 Å². The molecule has 0 aliphatic carbocycles. The van der Waals surface area contributed by atoms with Crippen LogP contribution >= 0.6 is 0 Å². The number of carbonyl (C=O) groups is 1. The molecule has 0 aliphatic rings. The van der Waals surface area contributed by atoms with Gasteiger partial charge in [-0.15, -0.1) is 0 Å². The predicted octanol–water partition coefficient (Wildman–Crippen LogP) is 4.16. The summed E-state index contributed by atoms with van der Waals surface area (Å²) in [6.45, 7) is 1.78. The molecule has 2 aromatic carbocycles. The van der Waals surface area contributed by atoms with Crippen LogP contribution in [0.1, 0.15) is 16.1 Å². The molecular weight excluding hydrogens is 321 g/mol. The number of nitrogens with two attached hydrogens (primary N) is 1. The lowest BCUT2D eigenvalue weighted by molar-refractivity contribution is 0.102. The summed E-state index contributed by atoms with van der Waals surface area (Å²) < 4.78 is 19.7. The fraction of sp³-hybridized carbons (Fsp3) is 0.0526. The molecule has 0 atom stereocenters. The van der Waals surface area contributed by atoms with E-state index in [4.69, 9.17) is 10.5 Å². The highest BCUT2D eigenvalue weighted by molar-refractivity contribution is 6.07. The van der Waals surface area contributed by atoms with Crippen molar-refractivity contribution in [1.29, 1.82) is 0 Å². The number of pyridine rings is 1. The average molecular weight is 337 g/mol. The van der Waals surface area contributed by atoms with Gasteiger partial charge in [0.2, 0.25) is 0 Å². The summed E-state index contributed by atoms with van der Waals surface area (Å²) in [4.78, 5) is 16.3. The fourth-order valence-electron chi connectivity index (χ4n) is 2.24. The number of amides is 1. The Morgan fingerprint density at radius 2 is 1.88 bits per heavy atom. The number of nitrogen functional groups attached to an aromatic ring is 1. The molecule has 25 heavy (non-hydrogen) atoms. The molecule has 0 aliphatic heterocycles. The zero-order valence-electron chi connectivity index (χ0n) is 13.5. The summed E-state index contributed by atoms with van der Waals surface area (Å²) in [7, 11) is 0. The maximum Gasteiger partial charge on any atom is 0.259 e. The van der Waals surface area contributed by atoms with Crippen molar-refractivity contribution in [2.45, 2.75) is 6.92 Å². The number of aromatic nitrogens is 1. The van der Waals surface area contributed by atoms with Crippen LogP contribution in [0.2, 0.25) is 0 Å². The van der Waals surface area contributed by atoms with E-state index in [1.807, 2.05) is 6.07 Å². The topological polar surface area (TPSA) is 77.2 Å². The molecule has 0 spiro atoms. The molecule has 5 nitrogen and oxygen atoms in total. The first-order valence-electron chi connectivity index (χ1n) is 7.60. The van der Waals surface area contributed by atoms with E-state index in [2.05, 4.69) is 10.3 Å². The number of halogens is 1. The van der Waals surface area contributed by atoms with E-state index in [1.54, 1.807) is 49.4 Å². The molecule has 0 unspecified atom stereocenters. The first-order valence-corrected chi connectivity index (χ1v) is 7.60. The SMILES string of the molecule is Cc1ccc(C(=O)Nc2ccc(Oc3ccccc3)c(F)c2)c(N)n1. The van der Waals surface area contributed by atoms with Gasteiger partial charge in [0.05, 0.1) is 5.56 Å². The van der Waals surface area contributed by atoms with E-state index in [1.165, 1.54) is 12.1 Å². The van der Waals surface area contributed by atoms with Crippen LogP contribution in [0.25, 0.3) is 0 Å². The number of rotatable bonds is 4. The number of anilines is 2. The van der Waals surface area contributed by atoms with Crippen molar-refractivity contribution in [3.63, 3.8) is 0 Å². The highest BCUT2D eigenvalue weighted by Gasteiger charge is 2.13. The van der Waals surface area contributed by atoms with E-state index in [9.17, 15) is 9.18 Å². The normalized spacial score (nSPS) is 10.3. The second kappa shape index (κ2) is 7.00. The summed E-state index contributed by atoms with van der Waals surface area (Å²) in [5, 5.41) is 2.60. The van der Waals surface area contributed by atoms with Crippen molar-refractivity contribution in [3.8, 4) is 11.5 Å². The van der Waals surface area contributed by atoms with Crippen molar-refractivity contribution < 1.29 is 13.9 Å². The van der Waals surface area contributed by atoms with Crippen LogP contribution in [0, 0.1) is 12.7 Å². The Balaban J connectivity index is 1.75. The molecule has 6 heteroatoms. The Kier molecular flexibility index (Phi) is 4.61. The van der Waals surface area contributed by atoms with Gasteiger partial charge >= 0.3 is 0 Å². The van der Waals surface area contributed by atoms with Gasteiger partial charge in [-0.1, -0.05) is 18.2 Å². The molecule has 0 bridgehead atoms. The van der Waals surface area contributed by atoms with Crippen molar-refractivity contribution in [3.05, 3.63) is 77.7 Å². The van der Waals surface area contributed by atoms with Crippen LogP contribution in [-0.2, 0) is 0 Å². The van der Waals surface area contributed by atoms with Crippen molar-refractivity contribution >= 4 is 17.4 Å². The largest absolute Gasteiger partial charge is 0.454 e. The standard InChI is InChI=1S/C19H16FN3O2/c1-12-7-9-15(18(21)22-12)19(24)23-13-8-10-17(16(20)11-13)25-14-5-3-2-4-6-14/h2-11H,1H3,(H2,21,22)(H,23,24). The molecule has 1 amide bonds. The second-order valence-electron chi connectivity index (χ2n) is 5.40. The maximum atomic E-state index is 14.2. The van der Waals surface area contributed by atoms with E-state index in [-0.39, 0.29) is 17.1 Å². The molecular formula is C19H16FN3O2. The summed E-state index contributed by atoms with van der Waals surface area (Å²) >= 11 is 0. The number of nitrogens with zero attached hydrogens (tertiary/aromatic N) is 1. The first kappa shape index (κ1) is 16.4. The average Bonchev–Trinajstić information content (AvgIpc) is 2.58. The van der Waals surface area contributed by atoms with Gasteiger partial charge in [-0.05, 0) is 43.3 Å². The third kappa shape index (κ3) is 3.92. The molecule has 3 N–H and O–H groups in total. The number of aryl methyl sites for hydroxylation is 1. The van der Waals surface area contributed by atoms with Crippen molar-refractivity contribution in [1.82, 2.24) is 4.98 Å². The Hall–Kier alpha value is -3.41. The van der Waals surface area contributed by atoms with Gasteiger partial charge in [-0.25, -0.2) is 9.37 Å². The van der Waals surface area contributed by atoms with Crippen LogP contribution in [0.3, 0.4) is 0 Å². The zero-order valence-corrected chi connectivity index (χ0v) is 13.5. The smallest absolute Gasteiger partial charge is 0.259 e. The number of benzene rings is 2. The lowest BCUT2D eigenvalue weighted by Gasteiger charge is -2.10. The van der Waals surface area contributed by atoms with E-state index >= 15 is 0 Å².